The molecule has 1 aromatic carbocycles. The fourth-order valence-corrected chi connectivity index (χ4v) is 3.65. The van der Waals surface area contributed by atoms with Crippen LogP contribution in [0.5, 0.6) is 0 Å². The monoisotopic (exact) mass is 331 g/mol. The van der Waals surface area contributed by atoms with E-state index in [-0.39, 0.29) is 12.1 Å². The Balaban J connectivity index is 1.60. The van der Waals surface area contributed by atoms with Crippen LogP contribution < -0.4 is 10.6 Å². The molecule has 1 saturated carbocycles. The van der Waals surface area contributed by atoms with Gasteiger partial charge in [0.1, 0.15) is 5.76 Å². The summed E-state index contributed by atoms with van der Waals surface area (Å²) in [7, 11) is 0. The number of benzene rings is 1. The summed E-state index contributed by atoms with van der Waals surface area (Å²) in [5, 5.41) is 6.61. The number of nitrogens with one attached hydrogen (secondary N) is 2. The molecule has 122 valence electrons. The highest BCUT2D eigenvalue weighted by Gasteiger charge is 2.25. The number of thioether (sulfide) groups is 1. The van der Waals surface area contributed by atoms with Crippen LogP contribution in [0.4, 0.5) is 10.5 Å². The number of hydrogen-bond acceptors (Lipinski definition) is 4. The number of anilines is 1. The van der Waals surface area contributed by atoms with Crippen molar-refractivity contribution >= 4 is 23.5 Å². The second-order valence-electron chi connectivity index (χ2n) is 5.82. The van der Waals surface area contributed by atoms with E-state index < -0.39 is 0 Å². The van der Waals surface area contributed by atoms with E-state index in [1.165, 1.54) is 6.42 Å². The Morgan fingerprint density at radius 3 is 2.96 bits per heavy atom. The van der Waals surface area contributed by atoms with E-state index in [1.54, 1.807) is 6.20 Å². The van der Waals surface area contributed by atoms with E-state index in [2.05, 4.69) is 21.9 Å². The fourth-order valence-electron chi connectivity index (χ4n) is 2.86. The average molecular weight is 331 g/mol. The van der Waals surface area contributed by atoms with Crippen molar-refractivity contribution < 1.29 is 9.21 Å². The first-order valence-electron chi connectivity index (χ1n) is 7.77. The predicted octanol–water partition coefficient (Wildman–Crippen LogP) is 4.06. The Hall–Kier alpha value is -1.95. The summed E-state index contributed by atoms with van der Waals surface area (Å²) < 4.78 is 5.52. The molecule has 0 radical (unpaired) electrons. The molecule has 23 heavy (non-hydrogen) atoms. The maximum Gasteiger partial charge on any atom is 0.319 e. The molecular weight excluding hydrogens is 310 g/mol. The molecule has 1 aromatic heterocycles. The van der Waals surface area contributed by atoms with Crippen molar-refractivity contribution in [3.8, 4) is 11.5 Å². The highest BCUT2D eigenvalue weighted by molar-refractivity contribution is 7.99. The van der Waals surface area contributed by atoms with Gasteiger partial charge in [0.25, 0.3) is 0 Å². The van der Waals surface area contributed by atoms with Gasteiger partial charge in [0.15, 0.2) is 0 Å². The Labute approximate surface area is 140 Å². The van der Waals surface area contributed by atoms with Crippen LogP contribution in [-0.2, 0) is 0 Å². The van der Waals surface area contributed by atoms with Gasteiger partial charge in [0.05, 0.1) is 6.20 Å². The van der Waals surface area contributed by atoms with Crippen LogP contribution in [0.1, 0.15) is 25.0 Å². The minimum Gasteiger partial charge on any atom is -0.441 e. The van der Waals surface area contributed by atoms with Crippen LogP contribution in [0, 0.1) is 6.92 Å². The SMILES string of the molecule is CS[C@@H]1CC[C@@H](NC(=O)Nc2cccc(-c3ncc(C)o3)c2)C1. The summed E-state index contributed by atoms with van der Waals surface area (Å²) in [5.41, 5.74) is 1.58. The van der Waals surface area contributed by atoms with Crippen LogP contribution in [-0.4, -0.2) is 28.6 Å². The summed E-state index contributed by atoms with van der Waals surface area (Å²) in [4.78, 5) is 16.4. The highest BCUT2D eigenvalue weighted by Crippen LogP contribution is 2.28. The molecule has 0 aliphatic heterocycles. The third-order valence-corrected chi connectivity index (χ3v) is 5.14. The van der Waals surface area contributed by atoms with Gasteiger partial charge in [0.2, 0.25) is 5.89 Å². The lowest BCUT2D eigenvalue weighted by atomic mass is 10.2. The van der Waals surface area contributed by atoms with Crippen LogP contribution in [0.25, 0.3) is 11.5 Å². The zero-order valence-corrected chi connectivity index (χ0v) is 14.2. The number of rotatable bonds is 4. The highest BCUT2D eigenvalue weighted by atomic mass is 32.2. The van der Waals surface area contributed by atoms with Crippen molar-refractivity contribution in [2.24, 2.45) is 0 Å². The molecule has 2 atom stereocenters. The topological polar surface area (TPSA) is 67.2 Å². The first-order chi connectivity index (χ1) is 11.1. The summed E-state index contributed by atoms with van der Waals surface area (Å²) in [6.07, 6.45) is 7.08. The Kier molecular flexibility index (Phi) is 4.91. The van der Waals surface area contributed by atoms with Crippen LogP contribution >= 0.6 is 11.8 Å². The molecule has 1 aliphatic carbocycles. The van der Waals surface area contributed by atoms with E-state index in [4.69, 9.17) is 4.42 Å². The average Bonchev–Trinajstić information content (AvgIpc) is 3.16. The Morgan fingerprint density at radius 1 is 1.39 bits per heavy atom. The molecule has 0 unspecified atom stereocenters. The summed E-state index contributed by atoms with van der Waals surface area (Å²) in [6.45, 7) is 1.86. The Morgan fingerprint density at radius 2 is 2.26 bits per heavy atom. The molecule has 1 aliphatic rings. The van der Waals surface area contributed by atoms with E-state index in [1.807, 2.05) is 43.0 Å². The molecule has 3 rings (SSSR count). The lowest BCUT2D eigenvalue weighted by Gasteiger charge is -2.14. The third-order valence-electron chi connectivity index (χ3n) is 4.04. The van der Waals surface area contributed by atoms with E-state index in [9.17, 15) is 4.79 Å². The quantitative estimate of drug-likeness (QED) is 0.887. The van der Waals surface area contributed by atoms with Gasteiger partial charge in [-0.25, -0.2) is 9.78 Å². The number of carbonyl (C=O) groups excluding carboxylic acids is 1. The smallest absolute Gasteiger partial charge is 0.319 e. The first kappa shape index (κ1) is 15.9. The van der Waals surface area contributed by atoms with Gasteiger partial charge in [0, 0.05) is 22.5 Å². The molecule has 1 fully saturated rings. The number of nitrogens with zero attached hydrogens (tertiary/aromatic N) is 1. The number of amides is 2. The van der Waals surface area contributed by atoms with E-state index >= 15 is 0 Å². The fraction of sp³-hybridized carbons (Fsp3) is 0.412. The van der Waals surface area contributed by atoms with Crippen molar-refractivity contribution in [3.63, 3.8) is 0 Å². The van der Waals surface area contributed by atoms with Gasteiger partial charge in [-0.2, -0.15) is 11.8 Å². The molecule has 1 heterocycles. The van der Waals surface area contributed by atoms with Crippen molar-refractivity contribution in [3.05, 3.63) is 36.2 Å². The lowest BCUT2D eigenvalue weighted by Crippen LogP contribution is -2.36. The van der Waals surface area contributed by atoms with Crippen molar-refractivity contribution in [2.45, 2.75) is 37.5 Å². The van der Waals surface area contributed by atoms with Crippen LogP contribution in [0.2, 0.25) is 0 Å². The maximum absolute atomic E-state index is 12.1. The molecule has 0 saturated heterocycles. The van der Waals surface area contributed by atoms with Gasteiger partial charge in [-0.1, -0.05) is 6.07 Å². The van der Waals surface area contributed by atoms with Gasteiger partial charge < -0.3 is 15.1 Å². The molecule has 0 spiro atoms. The summed E-state index contributed by atoms with van der Waals surface area (Å²) >= 11 is 1.88. The molecular formula is C17H21N3O2S. The number of aromatic nitrogens is 1. The molecule has 2 amide bonds. The van der Waals surface area contributed by atoms with Gasteiger partial charge in [-0.15, -0.1) is 0 Å². The zero-order valence-electron chi connectivity index (χ0n) is 13.3. The van der Waals surface area contributed by atoms with Gasteiger partial charge in [-0.05, 0) is 50.6 Å². The maximum atomic E-state index is 12.1. The number of carbonyl (C=O) groups is 1. The molecule has 2 N–H and O–H groups in total. The first-order valence-corrected chi connectivity index (χ1v) is 9.06. The van der Waals surface area contributed by atoms with Gasteiger partial charge >= 0.3 is 6.03 Å². The van der Waals surface area contributed by atoms with Crippen LogP contribution in [0.3, 0.4) is 0 Å². The minimum atomic E-state index is -0.155. The number of oxazole rings is 1. The van der Waals surface area contributed by atoms with E-state index in [0.717, 1.165) is 29.9 Å². The molecule has 2 aromatic rings. The second kappa shape index (κ2) is 7.08. The molecule has 5 nitrogen and oxygen atoms in total. The summed E-state index contributed by atoms with van der Waals surface area (Å²) in [6, 6.07) is 7.63. The zero-order chi connectivity index (χ0) is 16.2. The molecule has 0 bridgehead atoms. The standard InChI is InChI=1S/C17H21N3O2S/c1-11-10-18-16(22-11)12-4-3-5-13(8-12)19-17(21)20-14-6-7-15(9-14)23-2/h3-5,8,10,14-15H,6-7,9H2,1-2H3,(H2,19,20,21)/t14-,15-/m1/s1. The minimum absolute atomic E-state index is 0.155. The number of aryl methyl sites for hydroxylation is 1. The molecule has 6 heteroatoms. The largest absolute Gasteiger partial charge is 0.441 e. The van der Waals surface area contributed by atoms with Crippen molar-refractivity contribution in [2.75, 3.05) is 11.6 Å². The van der Waals surface area contributed by atoms with Gasteiger partial charge in [-0.3, -0.25) is 0 Å². The van der Waals surface area contributed by atoms with Crippen molar-refractivity contribution in [1.82, 2.24) is 10.3 Å². The second-order valence-corrected chi connectivity index (χ2v) is 6.96. The predicted molar refractivity (Wildman–Crippen MR) is 93.8 cm³/mol. The van der Waals surface area contributed by atoms with Crippen molar-refractivity contribution in [1.29, 1.82) is 0 Å². The normalized spacial score (nSPS) is 20.4. The lowest BCUT2D eigenvalue weighted by molar-refractivity contribution is 0.248. The Bertz CT molecular complexity index is 686. The summed E-state index contributed by atoms with van der Waals surface area (Å²) in [5.74, 6) is 1.32. The van der Waals surface area contributed by atoms with Crippen LogP contribution in [0.15, 0.2) is 34.9 Å². The third kappa shape index (κ3) is 4.07. The number of hydrogen-bond donors (Lipinski definition) is 2. The van der Waals surface area contributed by atoms with E-state index in [0.29, 0.717) is 11.1 Å². The number of urea groups is 1.